The van der Waals surface area contributed by atoms with E-state index < -0.39 is 0 Å². The molecule has 1 rings (SSSR count). The van der Waals surface area contributed by atoms with Crippen LogP contribution in [0.5, 0.6) is 0 Å². The van der Waals surface area contributed by atoms with Gasteiger partial charge in [-0.15, -0.1) is 0 Å². The summed E-state index contributed by atoms with van der Waals surface area (Å²) in [5, 5.41) is 7.32. The number of nitrogens with one attached hydrogen (secondary N) is 1. The molecule has 3 heteroatoms. The maximum absolute atomic E-state index is 7.32. The first-order chi connectivity index (χ1) is 6.82. The number of rotatable bonds is 1. The highest BCUT2D eigenvalue weighted by Crippen LogP contribution is 2.24. The predicted molar refractivity (Wildman–Crippen MR) is 65.5 cm³/mol. The molecule has 0 saturated heterocycles. The second-order valence-electron chi connectivity index (χ2n) is 4.74. The first kappa shape index (κ1) is 11.6. The number of nitrogens with zero attached hydrogens (tertiary/aromatic N) is 1. The van der Waals surface area contributed by atoms with Crippen LogP contribution in [0.1, 0.15) is 26.3 Å². The molecular weight excluding hydrogens is 186 g/mol. The number of hydrogen-bond acceptors (Lipinski definition) is 1. The summed E-state index contributed by atoms with van der Waals surface area (Å²) >= 11 is 0. The van der Waals surface area contributed by atoms with Gasteiger partial charge in [-0.3, -0.25) is 5.41 Å². The van der Waals surface area contributed by atoms with Crippen molar-refractivity contribution in [3.05, 3.63) is 29.8 Å². The van der Waals surface area contributed by atoms with E-state index in [2.05, 4.69) is 32.9 Å². The lowest BCUT2D eigenvalue weighted by molar-refractivity contribution is 0.590. The summed E-state index contributed by atoms with van der Waals surface area (Å²) in [4.78, 5) is 1.65. The molecule has 1 aromatic rings. The SMILES string of the molecule is CN(C(=N)N)c1ccc(C(C)(C)C)cc1. The third kappa shape index (κ3) is 2.72. The largest absolute Gasteiger partial charge is 0.370 e. The molecule has 3 N–H and O–H groups in total. The van der Waals surface area contributed by atoms with Gasteiger partial charge in [0, 0.05) is 12.7 Å². The summed E-state index contributed by atoms with van der Waals surface area (Å²) in [5.41, 5.74) is 7.78. The van der Waals surface area contributed by atoms with Crippen molar-refractivity contribution < 1.29 is 0 Å². The van der Waals surface area contributed by atoms with Crippen LogP contribution >= 0.6 is 0 Å². The third-order valence-electron chi connectivity index (χ3n) is 2.48. The van der Waals surface area contributed by atoms with E-state index in [9.17, 15) is 0 Å². The fraction of sp³-hybridized carbons (Fsp3) is 0.417. The van der Waals surface area contributed by atoms with Crippen LogP contribution in [-0.2, 0) is 5.41 Å². The van der Waals surface area contributed by atoms with E-state index in [4.69, 9.17) is 11.1 Å². The van der Waals surface area contributed by atoms with Crippen molar-refractivity contribution in [3.8, 4) is 0 Å². The Morgan fingerprint density at radius 2 is 1.67 bits per heavy atom. The second kappa shape index (κ2) is 3.93. The van der Waals surface area contributed by atoms with Crippen LogP contribution in [0.3, 0.4) is 0 Å². The van der Waals surface area contributed by atoms with E-state index >= 15 is 0 Å². The monoisotopic (exact) mass is 205 g/mol. The second-order valence-corrected chi connectivity index (χ2v) is 4.74. The van der Waals surface area contributed by atoms with Crippen LogP contribution < -0.4 is 10.6 Å². The number of hydrogen-bond donors (Lipinski definition) is 2. The molecule has 0 aromatic heterocycles. The van der Waals surface area contributed by atoms with Crippen molar-refractivity contribution in [1.29, 1.82) is 5.41 Å². The van der Waals surface area contributed by atoms with Gasteiger partial charge >= 0.3 is 0 Å². The Hall–Kier alpha value is -1.51. The van der Waals surface area contributed by atoms with Gasteiger partial charge in [0.25, 0.3) is 0 Å². The number of anilines is 1. The van der Waals surface area contributed by atoms with Gasteiger partial charge in [-0.1, -0.05) is 32.9 Å². The minimum Gasteiger partial charge on any atom is -0.370 e. The molecule has 0 heterocycles. The summed E-state index contributed by atoms with van der Waals surface area (Å²) < 4.78 is 0. The molecule has 0 atom stereocenters. The van der Waals surface area contributed by atoms with E-state index in [1.165, 1.54) is 5.56 Å². The Morgan fingerprint density at radius 1 is 1.20 bits per heavy atom. The fourth-order valence-electron chi connectivity index (χ4n) is 1.32. The Balaban J connectivity index is 2.95. The van der Waals surface area contributed by atoms with E-state index in [-0.39, 0.29) is 11.4 Å². The lowest BCUT2D eigenvalue weighted by atomic mass is 9.87. The topological polar surface area (TPSA) is 53.1 Å². The third-order valence-corrected chi connectivity index (χ3v) is 2.48. The summed E-state index contributed by atoms with van der Waals surface area (Å²) in [6.45, 7) is 6.53. The lowest BCUT2D eigenvalue weighted by Crippen LogP contribution is -2.32. The minimum atomic E-state index is 0.0542. The summed E-state index contributed by atoms with van der Waals surface area (Å²) in [5.74, 6) is 0.0542. The molecule has 0 fully saturated rings. The Morgan fingerprint density at radius 3 is 2.00 bits per heavy atom. The Bertz CT molecular complexity index is 346. The molecule has 1 aromatic carbocycles. The highest BCUT2D eigenvalue weighted by atomic mass is 15.2. The normalized spacial score (nSPS) is 11.2. The van der Waals surface area contributed by atoms with Crippen LogP contribution in [0.2, 0.25) is 0 Å². The van der Waals surface area contributed by atoms with E-state index in [0.717, 1.165) is 5.69 Å². The molecule has 0 aliphatic carbocycles. The van der Waals surface area contributed by atoms with E-state index in [1.54, 1.807) is 11.9 Å². The van der Waals surface area contributed by atoms with Crippen molar-refractivity contribution in [3.63, 3.8) is 0 Å². The average Bonchev–Trinajstić information content (AvgIpc) is 2.15. The number of benzene rings is 1. The Labute approximate surface area is 91.4 Å². The standard InChI is InChI=1S/C12H19N3/c1-12(2,3)9-5-7-10(8-6-9)15(4)11(13)14/h5-8H,1-4H3,(H3,13,14). The lowest BCUT2D eigenvalue weighted by Gasteiger charge is -2.21. The highest BCUT2D eigenvalue weighted by Gasteiger charge is 2.13. The van der Waals surface area contributed by atoms with Gasteiger partial charge in [-0.25, -0.2) is 0 Å². The molecule has 0 aliphatic heterocycles. The maximum atomic E-state index is 7.32. The van der Waals surface area contributed by atoms with Crippen molar-refractivity contribution >= 4 is 11.6 Å². The molecule has 0 aliphatic rings. The number of nitrogens with two attached hydrogens (primary N) is 1. The van der Waals surface area contributed by atoms with Gasteiger partial charge in [0.15, 0.2) is 5.96 Å². The molecule has 0 amide bonds. The molecular formula is C12H19N3. The zero-order chi connectivity index (χ0) is 11.6. The van der Waals surface area contributed by atoms with Crippen LogP contribution in [0.15, 0.2) is 24.3 Å². The molecule has 15 heavy (non-hydrogen) atoms. The van der Waals surface area contributed by atoms with Crippen LogP contribution in [-0.4, -0.2) is 13.0 Å². The quantitative estimate of drug-likeness (QED) is 0.546. The van der Waals surface area contributed by atoms with Gasteiger partial charge in [-0.05, 0) is 23.1 Å². The molecule has 0 unspecified atom stereocenters. The first-order valence-corrected chi connectivity index (χ1v) is 5.00. The minimum absolute atomic E-state index is 0.0542. The van der Waals surface area contributed by atoms with E-state index in [0.29, 0.717) is 0 Å². The van der Waals surface area contributed by atoms with Crippen LogP contribution in [0.25, 0.3) is 0 Å². The van der Waals surface area contributed by atoms with Crippen LogP contribution in [0, 0.1) is 5.41 Å². The fourth-order valence-corrected chi connectivity index (χ4v) is 1.32. The summed E-state index contributed by atoms with van der Waals surface area (Å²) in [7, 11) is 1.79. The van der Waals surface area contributed by atoms with Crippen molar-refractivity contribution in [2.45, 2.75) is 26.2 Å². The summed E-state index contributed by atoms with van der Waals surface area (Å²) in [6.07, 6.45) is 0. The first-order valence-electron chi connectivity index (χ1n) is 5.00. The molecule has 3 nitrogen and oxygen atoms in total. The molecule has 82 valence electrons. The van der Waals surface area contributed by atoms with E-state index in [1.807, 2.05) is 12.1 Å². The smallest absolute Gasteiger partial charge is 0.192 e. The van der Waals surface area contributed by atoms with Crippen molar-refractivity contribution in [2.24, 2.45) is 5.73 Å². The predicted octanol–water partition coefficient (Wildman–Crippen LogP) is 2.31. The average molecular weight is 205 g/mol. The van der Waals surface area contributed by atoms with Gasteiger partial charge < -0.3 is 10.6 Å². The summed E-state index contributed by atoms with van der Waals surface area (Å²) in [6, 6.07) is 8.13. The maximum Gasteiger partial charge on any atom is 0.192 e. The van der Waals surface area contributed by atoms with Crippen molar-refractivity contribution in [2.75, 3.05) is 11.9 Å². The zero-order valence-corrected chi connectivity index (χ0v) is 9.83. The molecule has 0 saturated carbocycles. The van der Waals surface area contributed by atoms with Crippen molar-refractivity contribution in [1.82, 2.24) is 0 Å². The number of guanidine groups is 1. The molecule has 0 bridgehead atoms. The highest BCUT2D eigenvalue weighted by molar-refractivity contribution is 5.91. The van der Waals surface area contributed by atoms with Gasteiger partial charge in [0.1, 0.15) is 0 Å². The Kier molecular flexibility index (Phi) is 3.03. The molecule has 0 radical (unpaired) electrons. The van der Waals surface area contributed by atoms with Gasteiger partial charge in [-0.2, -0.15) is 0 Å². The molecule has 0 spiro atoms. The van der Waals surface area contributed by atoms with Gasteiger partial charge in [0.05, 0.1) is 0 Å². The van der Waals surface area contributed by atoms with Gasteiger partial charge in [0.2, 0.25) is 0 Å². The van der Waals surface area contributed by atoms with Crippen LogP contribution in [0.4, 0.5) is 5.69 Å². The zero-order valence-electron chi connectivity index (χ0n) is 9.83.